The molecule has 0 radical (unpaired) electrons. The van der Waals surface area contributed by atoms with E-state index in [1.165, 1.54) is 44.2 Å². The van der Waals surface area contributed by atoms with Crippen LogP contribution in [0.15, 0.2) is 170 Å². The normalized spacial score (nSPS) is 11.5. The molecule has 0 fully saturated rings. The molecule has 254 valence electrons. The van der Waals surface area contributed by atoms with Gasteiger partial charge in [0.2, 0.25) is 0 Å². The number of hydrogen-bond donors (Lipinski definition) is 0. The van der Waals surface area contributed by atoms with Gasteiger partial charge < -0.3 is 9.13 Å². The zero-order valence-electron chi connectivity index (χ0n) is 30.0. The summed E-state index contributed by atoms with van der Waals surface area (Å²) in [7, 11) is 0. The van der Waals surface area contributed by atoms with Crippen LogP contribution in [0.1, 0.15) is 16.7 Å². The van der Waals surface area contributed by atoms with E-state index in [-0.39, 0.29) is 0 Å². The maximum absolute atomic E-state index is 10.7. The Bertz CT molecular complexity index is 3140. The lowest BCUT2D eigenvalue weighted by molar-refractivity contribution is 1.09. The lowest BCUT2D eigenvalue weighted by atomic mass is 9.99. The minimum absolute atomic E-state index is 0.589. The highest BCUT2D eigenvalue weighted by molar-refractivity contribution is 6.13. The van der Waals surface area contributed by atoms with Crippen LogP contribution in [0.2, 0.25) is 0 Å². The SMILES string of the molecule is Cc1cccc(-c2ccc3c(c2)c2ccccc2n3-c2cc(C#N)c(-c3cccnc3)cc2-n2c3ccccc3c3cc(-c4cccc(C)c4)ccc32)c1. The quantitative estimate of drug-likeness (QED) is 0.180. The Balaban J connectivity index is 1.31. The Labute approximate surface area is 313 Å². The second-order valence-electron chi connectivity index (χ2n) is 14.1. The lowest BCUT2D eigenvalue weighted by Gasteiger charge is -2.19. The van der Waals surface area contributed by atoms with E-state index in [2.05, 4.69) is 180 Å². The fraction of sp³-hybridized carbons (Fsp3) is 0.0400. The number of pyridine rings is 1. The summed E-state index contributed by atoms with van der Waals surface area (Å²) in [6.07, 6.45) is 3.61. The molecule has 0 aliphatic carbocycles. The van der Waals surface area contributed by atoms with E-state index in [1.807, 2.05) is 18.3 Å². The third-order valence-corrected chi connectivity index (χ3v) is 10.7. The highest BCUT2D eigenvalue weighted by Gasteiger charge is 2.23. The van der Waals surface area contributed by atoms with Gasteiger partial charge in [-0.2, -0.15) is 5.26 Å². The number of para-hydroxylation sites is 2. The van der Waals surface area contributed by atoms with Crippen LogP contribution in [0.25, 0.3) is 88.4 Å². The number of nitrogens with zero attached hydrogens (tertiary/aromatic N) is 4. The molecule has 10 rings (SSSR count). The van der Waals surface area contributed by atoms with Gasteiger partial charge in [0.15, 0.2) is 0 Å². The number of benzene rings is 7. The summed E-state index contributed by atoms with van der Waals surface area (Å²) in [6.45, 7) is 4.27. The fourth-order valence-corrected chi connectivity index (χ4v) is 8.26. The van der Waals surface area contributed by atoms with Crippen molar-refractivity contribution in [3.8, 4) is 50.8 Å². The van der Waals surface area contributed by atoms with Crippen molar-refractivity contribution in [3.63, 3.8) is 0 Å². The minimum Gasteiger partial charge on any atom is -0.307 e. The van der Waals surface area contributed by atoms with Crippen LogP contribution in [0, 0.1) is 25.2 Å². The largest absolute Gasteiger partial charge is 0.307 e. The molecular weight excluding hydrogens is 657 g/mol. The fourth-order valence-electron chi connectivity index (χ4n) is 8.26. The molecule has 0 aliphatic heterocycles. The Morgan fingerprint density at radius 1 is 0.444 bits per heavy atom. The maximum Gasteiger partial charge on any atom is 0.0999 e. The van der Waals surface area contributed by atoms with Gasteiger partial charge in [-0.05, 0) is 90.7 Å². The molecule has 0 amide bonds. The second-order valence-corrected chi connectivity index (χ2v) is 14.1. The van der Waals surface area contributed by atoms with Crippen LogP contribution in [0.3, 0.4) is 0 Å². The minimum atomic E-state index is 0.589. The van der Waals surface area contributed by atoms with Crippen LogP contribution in [-0.2, 0) is 0 Å². The summed E-state index contributed by atoms with van der Waals surface area (Å²) < 4.78 is 4.72. The monoisotopic (exact) mass is 690 g/mol. The van der Waals surface area contributed by atoms with Crippen molar-refractivity contribution in [2.75, 3.05) is 0 Å². The highest BCUT2D eigenvalue weighted by atomic mass is 15.1. The summed E-state index contributed by atoms with van der Waals surface area (Å²) in [4.78, 5) is 4.44. The molecule has 3 heterocycles. The number of nitriles is 1. The molecule has 10 aromatic rings. The van der Waals surface area contributed by atoms with Crippen molar-refractivity contribution < 1.29 is 0 Å². The molecule has 54 heavy (non-hydrogen) atoms. The number of fused-ring (bicyclic) bond motifs is 6. The van der Waals surface area contributed by atoms with Crippen LogP contribution >= 0.6 is 0 Å². The first kappa shape index (κ1) is 31.5. The van der Waals surface area contributed by atoms with E-state index >= 15 is 0 Å². The Morgan fingerprint density at radius 2 is 0.944 bits per heavy atom. The van der Waals surface area contributed by atoms with Crippen molar-refractivity contribution >= 4 is 43.6 Å². The highest BCUT2D eigenvalue weighted by Crippen LogP contribution is 2.42. The first-order chi connectivity index (χ1) is 26.6. The summed E-state index contributed by atoms with van der Waals surface area (Å²) in [6, 6.07) is 58.9. The van der Waals surface area contributed by atoms with E-state index in [9.17, 15) is 5.26 Å². The van der Waals surface area contributed by atoms with E-state index in [4.69, 9.17) is 0 Å². The van der Waals surface area contributed by atoms with Gasteiger partial charge in [-0.1, -0.05) is 114 Å². The summed E-state index contributed by atoms with van der Waals surface area (Å²) >= 11 is 0. The molecule has 0 saturated carbocycles. The molecular formula is C50H34N4. The molecule has 4 heteroatoms. The molecule has 0 atom stereocenters. The van der Waals surface area contributed by atoms with E-state index < -0.39 is 0 Å². The molecule has 0 bridgehead atoms. The molecule has 7 aromatic carbocycles. The van der Waals surface area contributed by atoms with Gasteiger partial charge in [0.1, 0.15) is 0 Å². The van der Waals surface area contributed by atoms with E-state index in [1.54, 1.807) is 6.20 Å². The van der Waals surface area contributed by atoms with Crippen LogP contribution in [0.5, 0.6) is 0 Å². The zero-order valence-corrected chi connectivity index (χ0v) is 30.0. The van der Waals surface area contributed by atoms with Crippen LogP contribution in [-0.4, -0.2) is 14.1 Å². The smallest absolute Gasteiger partial charge is 0.0999 e. The Morgan fingerprint density at radius 3 is 1.46 bits per heavy atom. The van der Waals surface area contributed by atoms with Gasteiger partial charge in [-0.25, -0.2) is 0 Å². The molecule has 4 nitrogen and oxygen atoms in total. The molecule has 0 aliphatic rings. The summed E-state index contributed by atoms with van der Waals surface area (Å²) in [5.41, 5.74) is 15.8. The number of rotatable bonds is 5. The molecule has 3 aromatic heterocycles. The van der Waals surface area contributed by atoms with Gasteiger partial charge in [0.05, 0.1) is 45.1 Å². The van der Waals surface area contributed by atoms with Gasteiger partial charge >= 0.3 is 0 Å². The third kappa shape index (κ3) is 5.02. The van der Waals surface area contributed by atoms with E-state index in [0.29, 0.717) is 5.56 Å². The van der Waals surface area contributed by atoms with Gasteiger partial charge in [0.25, 0.3) is 0 Å². The standard InChI is InChI=1S/C50H34N4/c1-32-10-7-12-34(24-32)36-19-21-47-43(26-36)40-15-3-5-17-45(40)53(47)49-28-39(30-51)42(38-14-9-23-52-31-38)29-50(49)54-46-18-6-4-16-41(46)44-27-37(20-22-48(44)54)35-13-8-11-33(2)25-35/h3-29,31H,1-2H3. The first-order valence-corrected chi connectivity index (χ1v) is 18.3. The van der Waals surface area contributed by atoms with Crippen molar-refractivity contribution in [2.24, 2.45) is 0 Å². The first-order valence-electron chi connectivity index (χ1n) is 18.3. The number of aromatic nitrogens is 3. The Hall–Kier alpha value is -7.22. The summed E-state index contributed by atoms with van der Waals surface area (Å²) in [5.74, 6) is 0. The van der Waals surface area contributed by atoms with Crippen molar-refractivity contribution in [2.45, 2.75) is 13.8 Å². The zero-order chi connectivity index (χ0) is 36.3. The average molecular weight is 691 g/mol. The molecule has 0 spiro atoms. The van der Waals surface area contributed by atoms with Crippen molar-refractivity contribution in [1.29, 1.82) is 5.26 Å². The van der Waals surface area contributed by atoms with Gasteiger partial charge in [-0.3, -0.25) is 4.98 Å². The Kier molecular flexibility index (Phi) is 7.28. The van der Waals surface area contributed by atoms with Gasteiger partial charge in [0, 0.05) is 45.1 Å². The lowest BCUT2D eigenvalue weighted by Crippen LogP contribution is -2.05. The van der Waals surface area contributed by atoms with Crippen molar-refractivity contribution in [3.05, 3.63) is 187 Å². The van der Waals surface area contributed by atoms with Crippen LogP contribution in [0.4, 0.5) is 0 Å². The predicted molar refractivity (Wildman–Crippen MR) is 223 cm³/mol. The average Bonchev–Trinajstić information content (AvgIpc) is 3.73. The van der Waals surface area contributed by atoms with Crippen molar-refractivity contribution in [1.82, 2.24) is 14.1 Å². The molecule has 0 unspecified atom stereocenters. The molecule has 0 saturated heterocycles. The second kappa shape index (κ2) is 12.5. The number of hydrogen-bond acceptors (Lipinski definition) is 2. The summed E-state index contributed by atoms with van der Waals surface area (Å²) in [5, 5.41) is 15.4. The van der Waals surface area contributed by atoms with E-state index in [0.717, 1.165) is 55.3 Å². The topological polar surface area (TPSA) is 46.5 Å². The van der Waals surface area contributed by atoms with Gasteiger partial charge in [-0.15, -0.1) is 0 Å². The van der Waals surface area contributed by atoms with Crippen LogP contribution < -0.4 is 0 Å². The molecule has 0 N–H and O–H groups in total. The predicted octanol–water partition coefficient (Wildman–Crippen LogP) is 12.8. The number of aryl methyl sites for hydroxylation is 2. The third-order valence-electron chi connectivity index (χ3n) is 10.7. The maximum atomic E-state index is 10.7.